The zero-order valence-electron chi connectivity index (χ0n) is 17.2. The monoisotopic (exact) mass is 479 g/mol. The van der Waals surface area contributed by atoms with Crippen LogP contribution in [0.5, 0.6) is 5.75 Å². The summed E-state index contributed by atoms with van der Waals surface area (Å²) < 4.78 is 30.1. The number of nitrogens with zero attached hydrogens (tertiary/aromatic N) is 2. The molecule has 0 radical (unpaired) electrons. The molecule has 32 heavy (non-hydrogen) atoms. The highest BCUT2D eigenvalue weighted by atomic mass is 35.5. The van der Waals surface area contributed by atoms with Crippen molar-refractivity contribution in [2.24, 2.45) is 0 Å². The lowest BCUT2D eigenvalue weighted by molar-refractivity contribution is 0.128. The van der Waals surface area contributed by atoms with Gasteiger partial charge in [0.15, 0.2) is 11.4 Å². The summed E-state index contributed by atoms with van der Waals surface area (Å²) in [5, 5.41) is 1.07. The molecule has 0 spiro atoms. The Kier molecular flexibility index (Phi) is 6.43. The maximum atomic E-state index is 13.7. The molecular weight excluding hydrogens is 460 g/mol. The zero-order chi connectivity index (χ0) is 22.8. The van der Waals surface area contributed by atoms with Crippen LogP contribution in [0.1, 0.15) is 17.5 Å². The summed E-state index contributed by atoms with van der Waals surface area (Å²) in [5.41, 5.74) is 8.82. The number of ether oxygens (including phenoxy) is 2. The van der Waals surface area contributed by atoms with Crippen molar-refractivity contribution in [1.29, 1.82) is 0 Å². The number of benzene rings is 1. The number of halogens is 3. The van der Waals surface area contributed by atoms with Crippen molar-refractivity contribution < 1.29 is 23.1 Å². The summed E-state index contributed by atoms with van der Waals surface area (Å²) >= 11 is 12.2. The summed E-state index contributed by atoms with van der Waals surface area (Å²) in [6.45, 7) is 1.11. The van der Waals surface area contributed by atoms with Crippen molar-refractivity contribution in [3.8, 4) is 5.75 Å². The number of hydrogen-bond donors (Lipinski definition) is 1. The van der Waals surface area contributed by atoms with Gasteiger partial charge in [-0.05, 0) is 29.7 Å². The molecule has 2 aromatic heterocycles. The molecule has 1 aromatic carbocycles. The van der Waals surface area contributed by atoms with Gasteiger partial charge in [-0.1, -0.05) is 29.3 Å². The first-order valence-corrected chi connectivity index (χ1v) is 10.6. The number of anilines is 1. The number of rotatable bonds is 5. The van der Waals surface area contributed by atoms with Crippen molar-refractivity contribution in [2.45, 2.75) is 12.8 Å². The summed E-state index contributed by atoms with van der Waals surface area (Å²) in [4.78, 5) is 17.5. The van der Waals surface area contributed by atoms with Crippen LogP contribution in [0.2, 0.25) is 10.0 Å². The van der Waals surface area contributed by atoms with Gasteiger partial charge in [0, 0.05) is 36.3 Å². The smallest absolute Gasteiger partial charge is 0.409 e. The van der Waals surface area contributed by atoms with Crippen LogP contribution in [-0.4, -0.2) is 42.8 Å². The lowest BCUT2D eigenvalue weighted by Crippen LogP contribution is -2.34. The van der Waals surface area contributed by atoms with Crippen LogP contribution in [0.15, 0.2) is 35.1 Å². The van der Waals surface area contributed by atoms with E-state index in [9.17, 15) is 9.18 Å². The molecule has 168 valence electrons. The second-order valence-corrected chi connectivity index (χ2v) is 7.97. The van der Waals surface area contributed by atoms with Crippen molar-refractivity contribution in [3.63, 3.8) is 0 Å². The average Bonchev–Trinajstić information content (AvgIpc) is 3.23. The SMILES string of the molecule is COC(=O)N1CC=C(c2coc3c(OCCc4c(Cl)ccc(F)c4Cl)c(N)ncc23)CC1. The van der Waals surface area contributed by atoms with Gasteiger partial charge in [0.1, 0.15) is 5.82 Å². The van der Waals surface area contributed by atoms with Crippen LogP contribution in [0.3, 0.4) is 0 Å². The standard InChI is InChI=1S/C22H20Cl2FN3O4/c1-30-22(29)28-7-4-12(5-8-28)15-11-32-19-14(15)10-27-21(26)20(19)31-9-6-13-16(23)2-3-17(25)18(13)24/h2-4,10-11H,5-9H2,1H3,(H2,26,27). The van der Waals surface area contributed by atoms with Crippen molar-refractivity contribution in [1.82, 2.24) is 9.88 Å². The van der Waals surface area contributed by atoms with Crippen LogP contribution in [-0.2, 0) is 11.2 Å². The highest BCUT2D eigenvalue weighted by Crippen LogP contribution is 2.37. The molecule has 0 saturated heterocycles. The molecule has 1 aliphatic rings. The third kappa shape index (κ3) is 4.20. The second kappa shape index (κ2) is 9.26. The molecule has 1 amide bonds. The molecule has 0 saturated carbocycles. The Morgan fingerprint density at radius 1 is 1.38 bits per heavy atom. The van der Waals surface area contributed by atoms with E-state index in [-0.39, 0.29) is 30.0 Å². The number of aromatic nitrogens is 1. The molecule has 1 aliphatic heterocycles. The topological polar surface area (TPSA) is 90.8 Å². The van der Waals surface area contributed by atoms with E-state index in [1.807, 2.05) is 6.08 Å². The summed E-state index contributed by atoms with van der Waals surface area (Å²) in [6, 6.07) is 2.67. The molecule has 4 rings (SSSR count). The Morgan fingerprint density at radius 2 is 2.19 bits per heavy atom. The Hall–Kier alpha value is -2.97. The van der Waals surface area contributed by atoms with E-state index in [1.165, 1.54) is 19.2 Å². The Bertz CT molecular complexity index is 1210. The molecule has 10 heteroatoms. The van der Waals surface area contributed by atoms with E-state index in [1.54, 1.807) is 17.4 Å². The third-order valence-electron chi connectivity index (χ3n) is 5.33. The molecule has 2 N–H and O–H groups in total. The molecular formula is C22H20Cl2FN3O4. The maximum absolute atomic E-state index is 13.7. The van der Waals surface area contributed by atoms with E-state index >= 15 is 0 Å². The first-order chi connectivity index (χ1) is 15.4. The minimum atomic E-state index is -0.545. The van der Waals surface area contributed by atoms with Gasteiger partial charge in [0.2, 0.25) is 5.75 Å². The largest absolute Gasteiger partial charge is 0.486 e. The highest BCUT2D eigenvalue weighted by molar-refractivity contribution is 6.36. The number of fused-ring (bicyclic) bond motifs is 1. The van der Waals surface area contributed by atoms with Gasteiger partial charge in [-0.25, -0.2) is 14.2 Å². The molecule has 3 heterocycles. The summed E-state index contributed by atoms with van der Waals surface area (Å²) in [5.74, 6) is -0.0779. The number of carbonyl (C=O) groups excluding carboxylic acids is 1. The number of furan rings is 1. The average molecular weight is 480 g/mol. The summed E-state index contributed by atoms with van der Waals surface area (Å²) in [7, 11) is 1.36. The first kappa shape index (κ1) is 22.2. The summed E-state index contributed by atoms with van der Waals surface area (Å²) in [6.07, 6.45) is 5.76. The van der Waals surface area contributed by atoms with Gasteiger partial charge in [-0.15, -0.1) is 0 Å². The van der Waals surface area contributed by atoms with E-state index in [0.29, 0.717) is 41.4 Å². The molecule has 0 atom stereocenters. The molecule has 0 fully saturated rings. The highest BCUT2D eigenvalue weighted by Gasteiger charge is 2.22. The van der Waals surface area contributed by atoms with Crippen molar-refractivity contribution in [3.05, 3.63) is 57.7 Å². The fourth-order valence-electron chi connectivity index (χ4n) is 3.63. The van der Waals surface area contributed by atoms with Crippen molar-refractivity contribution >= 4 is 51.7 Å². The van der Waals surface area contributed by atoms with Crippen LogP contribution in [0.25, 0.3) is 16.5 Å². The first-order valence-electron chi connectivity index (χ1n) is 9.83. The van der Waals surface area contributed by atoms with Gasteiger partial charge in [-0.2, -0.15) is 0 Å². The van der Waals surface area contributed by atoms with Crippen LogP contribution < -0.4 is 10.5 Å². The molecule has 0 aliphatic carbocycles. The number of carbonyl (C=O) groups is 1. The molecule has 0 bridgehead atoms. The number of pyridine rings is 1. The minimum Gasteiger partial charge on any atom is -0.486 e. The van der Waals surface area contributed by atoms with Gasteiger partial charge < -0.3 is 24.5 Å². The van der Waals surface area contributed by atoms with Gasteiger partial charge in [0.25, 0.3) is 0 Å². The minimum absolute atomic E-state index is 0.0316. The molecule has 7 nitrogen and oxygen atoms in total. The fraction of sp³-hybridized carbons (Fsp3) is 0.273. The Balaban J connectivity index is 1.55. The van der Waals surface area contributed by atoms with E-state index < -0.39 is 5.82 Å². The second-order valence-electron chi connectivity index (χ2n) is 7.18. The number of amides is 1. The normalized spacial score (nSPS) is 13.9. The molecule has 0 unspecified atom stereocenters. The van der Waals surface area contributed by atoms with E-state index in [2.05, 4.69) is 4.98 Å². The maximum Gasteiger partial charge on any atom is 0.409 e. The van der Waals surface area contributed by atoms with Gasteiger partial charge >= 0.3 is 6.09 Å². The predicted molar refractivity (Wildman–Crippen MR) is 121 cm³/mol. The van der Waals surface area contributed by atoms with E-state index in [4.69, 9.17) is 42.8 Å². The zero-order valence-corrected chi connectivity index (χ0v) is 18.7. The van der Waals surface area contributed by atoms with Crippen molar-refractivity contribution in [2.75, 3.05) is 32.5 Å². The Labute approximate surface area is 193 Å². The van der Waals surface area contributed by atoms with E-state index in [0.717, 1.165) is 16.5 Å². The molecule has 3 aromatic rings. The van der Waals surface area contributed by atoms with Gasteiger partial charge in [0.05, 0.1) is 30.4 Å². The van der Waals surface area contributed by atoms with Crippen LogP contribution >= 0.6 is 23.2 Å². The number of hydrogen-bond acceptors (Lipinski definition) is 6. The van der Waals surface area contributed by atoms with Crippen LogP contribution in [0.4, 0.5) is 15.0 Å². The van der Waals surface area contributed by atoms with Crippen LogP contribution in [0, 0.1) is 5.82 Å². The quantitative estimate of drug-likeness (QED) is 0.497. The lowest BCUT2D eigenvalue weighted by atomic mass is 10.00. The number of nitrogens with two attached hydrogens (primary N) is 1. The number of methoxy groups -OCH3 is 1. The lowest BCUT2D eigenvalue weighted by Gasteiger charge is -2.24. The predicted octanol–water partition coefficient (Wildman–Crippen LogP) is 5.33. The Morgan fingerprint density at radius 3 is 2.91 bits per heavy atom. The van der Waals surface area contributed by atoms with Gasteiger partial charge in [-0.3, -0.25) is 0 Å². The fourth-order valence-corrected chi connectivity index (χ4v) is 4.19. The number of nitrogen functional groups attached to an aromatic ring is 1. The third-order valence-corrected chi connectivity index (χ3v) is 6.09.